The molecule has 0 aliphatic carbocycles. The molecule has 3 rings (SSSR count). The Morgan fingerprint density at radius 3 is 2.70 bits per heavy atom. The van der Waals surface area contributed by atoms with Gasteiger partial charge in [-0.05, 0) is 30.7 Å². The molecule has 0 radical (unpaired) electrons. The van der Waals surface area contributed by atoms with E-state index in [1.807, 2.05) is 19.1 Å². The van der Waals surface area contributed by atoms with Gasteiger partial charge in [0, 0.05) is 22.7 Å². The Morgan fingerprint density at radius 1 is 1.10 bits per heavy atom. The summed E-state index contributed by atoms with van der Waals surface area (Å²) >= 11 is 0. The molecule has 0 atom stereocenters. The van der Waals surface area contributed by atoms with Gasteiger partial charge in [-0.15, -0.1) is 0 Å². The summed E-state index contributed by atoms with van der Waals surface area (Å²) in [5, 5.41) is 0.698. The van der Waals surface area contributed by atoms with Crippen molar-refractivity contribution in [2.24, 2.45) is 0 Å². The molecule has 0 unspecified atom stereocenters. The second-order valence-electron chi connectivity index (χ2n) is 4.68. The van der Waals surface area contributed by atoms with Gasteiger partial charge in [0.1, 0.15) is 0 Å². The maximum Gasteiger partial charge on any atom is 0.198 e. The lowest BCUT2D eigenvalue weighted by Crippen LogP contribution is -2.05. The van der Waals surface area contributed by atoms with Crippen LogP contribution >= 0.6 is 0 Å². The number of carbonyl (C=O) groups excluding carboxylic acids is 1. The second kappa shape index (κ2) is 4.56. The molecule has 0 spiro atoms. The van der Waals surface area contributed by atoms with Crippen molar-refractivity contribution in [3.63, 3.8) is 0 Å². The first-order valence-electron chi connectivity index (χ1n) is 6.14. The largest absolute Gasteiger partial charge is 0.360 e. The number of halogens is 2. The highest BCUT2D eigenvalue weighted by Gasteiger charge is 2.19. The van der Waals surface area contributed by atoms with Crippen LogP contribution in [0, 0.1) is 18.6 Å². The predicted octanol–water partition coefficient (Wildman–Crippen LogP) is 3.99. The molecule has 100 valence electrons. The third-order valence-electron chi connectivity index (χ3n) is 3.28. The number of nitrogens with one attached hydrogen (secondary N) is 1. The summed E-state index contributed by atoms with van der Waals surface area (Å²) < 4.78 is 26.9. The van der Waals surface area contributed by atoms with Gasteiger partial charge < -0.3 is 4.98 Å². The standard InChI is InChI=1S/C16H11F2NO/c1-9-5-6-10-12(8-19-14(10)7-9)16(20)11-3-2-4-13(17)15(11)18/h2-8,19H,1H3. The molecule has 4 heteroatoms. The minimum absolute atomic E-state index is 0.258. The van der Waals surface area contributed by atoms with E-state index in [1.165, 1.54) is 18.3 Å². The Bertz CT molecular complexity index is 820. The average Bonchev–Trinajstić information content (AvgIpc) is 2.84. The van der Waals surface area contributed by atoms with Crippen LogP contribution in [-0.2, 0) is 0 Å². The molecular formula is C16H11F2NO. The number of carbonyl (C=O) groups is 1. The van der Waals surface area contributed by atoms with Gasteiger partial charge in [0.15, 0.2) is 17.4 Å². The summed E-state index contributed by atoms with van der Waals surface area (Å²) in [5.41, 5.74) is 1.93. The normalized spacial score (nSPS) is 10.9. The monoisotopic (exact) mass is 271 g/mol. The molecule has 0 saturated carbocycles. The number of aromatic nitrogens is 1. The lowest BCUT2D eigenvalue weighted by Gasteiger charge is -2.02. The Balaban J connectivity index is 2.16. The van der Waals surface area contributed by atoms with Crippen molar-refractivity contribution >= 4 is 16.7 Å². The van der Waals surface area contributed by atoms with E-state index in [4.69, 9.17) is 0 Å². The molecular weight excluding hydrogens is 260 g/mol. The van der Waals surface area contributed by atoms with E-state index in [0.29, 0.717) is 10.9 Å². The van der Waals surface area contributed by atoms with Crippen molar-refractivity contribution < 1.29 is 13.6 Å². The molecule has 20 heavy (non-hydrogen) atoms. The van der Waals surface area contributed by atoms with Crippen molar-refractivity contribution in [3.8, 4) is 0 Å². The van der Waals surface area contributed by atoms with Crippen LogP contribution in [0.4, 0.5) is 8.78 Å². The molecule has 0 aliphatic heterocycles. The maximum atomic E-state index is 13.7. The van der Waals surface area contributed by atoms with Crippen molar-refractivity contribution in [3.05, 3.63) is 70.9 Å². The molecule has 0 aliphatic rings. The van der Waals surface area contributed by atoms with Crippen molar-refractivity contribution in [1.29, 1.82) is 0 Å². The summed E-state index contributed by atoms with van der Waals surface area (Å²) in [6, 6.07) is 9.16. The third kappa shape index (κ3) is 1.90. The predicted molar refractivity (Wildman–Crippen MR) is 72.8 cm³/mol. The van der Waals surface area contributed by atoms with Gasteiger partial charge in [0.2, 0.25) is 0 Å². The Kier molecular flexibility index (Phi) is 2.86. The van der Waals surface area contributed by atoms with Crippen LogP contribution in [0.25, 0.3) is 10.9 Å². The van der Waals surface area contributed by atoms with Gasteiger partial charge in [-0.2, -0.15) is 0 Å². The number of hydrogen-bond acceptors (Lipinski definition) is 1. The lowest BCUT2D eigenvalue weighted by molar-refractivity contribution is 0.103. The van der Waals surface area contributed by atoms with Gasteiger partial charge in [-0.3, -0.25) is 4.79 Å². The second-order valence-corrected chi connectivity index (χ2v) is 4.68. The van der Waals surface area contributed by atoms with Crippen LogP contribution in [-0.4, -0.2) is 10.8 Å². The maximum absolute atomic E-state index is 13.7. The van der Waals surface area contributed by atoms with Crippen LogP contribution in [0.15, 0.2) is 42.6 Å². The summed E-state index contributed by atoms with van der Waals surface area (Å²) in [6.07, 6.45) is 1.52. The highest BCUT2D eigenvalue weighted by Crippen LogP contribution is 2.23. The van der Waals surface area contributed by atoms with E-state index in [9.17, 15) is 13.6 Å². The van der Waals surface area contributed by atoms with Crippen LogP contribution in [0.1, 0.15) is 21.5 Å². The zero-order chi connectivity index (χ0) is 14.3. The van der Waals surface area contributed by atoms with Crippen molar-refractivity contribution in [2.45, 2.75) is 6.92 Å². The SMILES string of the molecule is Cc1ccc2c(C(=O)c3cccc(F)c3F)c[nH]c2c1. The molecule has 1 heterocycles. The lowest BCUT2D eigenvalue weighted by atomic mass is 10.0. The number of aromatic amines is 1. The first-order valence-corrected chi connectivity index (χ1v) is 6.14. The molecule has 3 aromatic rings. The number of benzene rings is 2. The zero-order valence-electron chi connectivity index (χ0n) is 10.7. The molecule has 1 aromatic heterocycles. The van der Waals surface area contributed by atoms with E-state index >= 15 is 0 Å². The minimum Gasteiger partial charge on any atom is -0.360 e. The Labute approximate surface area is 114 Å². The molecule has 2 nitrogen and oxygen atoms in total. The molecule has 0 fully saturated rings. The van der Waals surface area contributed by atoms with E-state index in [1.54, 1.807) is 6.07 Å². The van der Waals surface area contributed by atoms with Gasteiger partial charge in [0.05, 0.1) is 5.56 Å². The fourth-order valence-electron chi connectivity index (χ4n) is 2.25. The van der Waals surface area contributed by atoms with Crippen LogP contribution < -0.4 is 0 Å². The van der Waals surface area contributed by atoms with E-state index in [2.05, 4.69) is 4.98 Å². The number of aryl methyl sites for hydroxylation is 1. The van der Waals surface area contributed by atoms with Crippen LogP contribution in [0.5, 0.6) is 0 Å². The van der Waals surface area contributed by atoms with E-state index in [0.717, 1.165) is 17.1 Å². The quantitative estimate of drug-likeness (QED) is 0.702. The summed E-state index contributed by atoms with van der Waals surface area (Å²) in [4.78, 5) is 15.3. The number of ketones is 1. The summed E-state index contributed by atoms with van der Waals surface area (Å²) in [7, 11) is 0. The highest BCUT2D eigenvalue weighted by atomic mass is 19.2. The fraction of sp³-hybridized carbons (Fsp3) is 0.0625. The van der Waals surface area contributed by atoms with Gasteiger partial charge >= 0.3 is 0 Å². The highest BCUT2D eigenvalue weighted by molar-refractivity contribution is 6.16. The van der Waals surface area contributed by atoms with Crippen LogP contribution in [0.3, 0.4) is 0 Å². The minimum atomic E-state index is -1.11. The van der Waals surface area contributed by atoms with E-state index in [-0.39, 0.29) is 5.56 Å². The summed E-state index contributed by atoms with van der Waals surface area (Å²) in [6.45, 7) is 1.94. The third-order valence-corrected chi connectivity index (χ3v) is 3.28. The Hall–Kier alpha value is -2.49. The number of H-pyrrole nitrogens is 1. The van der Waals surface area contributed by atoms with Gasteiger partial charge in [-0.1, -0.05) is 18.2 Å². The number of rotatable bonds is 2. The number of fused-ring (bicyclic) bond motifs is 1. The van der Waals surface area contributed by atoms with Crippen molar-refractivity contribution in [2.75, 3.05) is 0 Å². The average molecular weight is 271 g/mol. The fourth-order valence-corrected chi connectivity index (χ4v) is 2.25. The summed E-state index contributed by atoms with van der Waals surface area (Å²) in [5.74, 6) is -2.66. The topological polar surface area (TPSA) is 32.9 Å². The molecule has 0 saturated heterocycles. The molecule has 1 N–H and O–H groups in total. The van der Waals surface area contributed by atoms with Crippen molar-refractivity contribution in [1.82, 2.24) is 4.98 Å². The van der Waals surface area contributed by atoms with Gasteiger partial charge in [0.25, 0.3) is 0 Å². The van der Waals surface area contributed by atoms with E-state index < -0.39 is 17.4 Å². The first-order chi connectivity index (χ1) is 9.58. The molecule has 0 bridgehead atoms. The van der Waals surface area contributed by atoms with Gasteiger partial charge in [-0.25, -0.2) is 8.78 Å². The zero-order valence-corrected chi connectivity index (χ0v) is 10.7. The first kappa shape index (κ1) is 12.5. The smallest absolute Gasteiger partial charge is 0.198 e. The van der Waals surface area contributed by atoms with Crippen LogP contribution in [0.2, 0.25) is 0 Å². The number of hydrogen-bond donors (Lipinski definition) is 1. The Morgan fingerprint density at radius 2 is 1.90 bits per heavy atom. The molecule has 0 amide bonds. The molecule has 2 aromatic carbocycles.